The third-order valence-corrected chi connectivity index (χ3v) is 6.78. The van der Waals surface area contributed by atoms with Gasteiger partial charge in [0.2, 0.25) is 0 Å². The number of rotatable bonds is 6. The van der Waals surface area contributed by atoms with Crippen molar-refractivity contribution < 1.29 is 19.2 Å². The maximum atomic E-state index is 12.7. The number of nitro groups is 1. The minimum Gasteiger partial charge on any atom is -0.457 e. The molecule has 0 radical (unpaired) electrons. The van der Waals surface area contributed by atoms with Crippen LogP contribution in [0, 0.1) is 17.0 Å². The summed E-state index contributed by atoms with van der Waals surface area (Å²) in [7, 11) is 0. The van der Waals surface area contributed by atoms with Crippen LogP contribution in [-0.4, -0.2) is 54.1 Å². The molecule has 3 aromatic rings. The molecule has 0 saturated carbocycles. The topological polar surface area (TPSA) is 85.2 Å². The van der Waals surface area contributed by atoms with Crippen LogP contribution >= 0.6 is 0 Å². The van der Waals surface area contributed by atoms with Gasteiger partial charge in [-0.15, -0.1) is 0 Å². The monoisotopic (exact) mass is 473 g/mol. The number of hydrogen-bond donors (Lipinski definition) is 0. The standard InChI is InChI=1S/C27H27N3O5/c1-19-24(34-21-10-6-3-7-11-21)13-12-22(30(32)33)26(19)29-17-16-28-15-14-25(23(28)18-29)35-27(31)20-8-4-2-5-9-20/h2-13,23,25H,14-18H2,1H3/t23-,25-/m1/s1. The van der Waals surface area contributed by atoms with Gasteiger partial charge in [-0.2, -0.15) is 0 Å². The molecule has 5 rings (SSSR count). The molecule has 35 heavy (non-hydrogen) atoms. The Bertz CT molecular complexity index is 1220. The summed E-state index contributed by atoms with van der Waals surface area (Å²) in [4.78, 5) is 28.6. The number of nitro benzene ring substituents is 1. The maximum absolute atomic E-state index is 12.7. The molecule has 0 bridgehead atoms. The summed E-state index contributed by atoms with van der Waals surface area (Å²) in [5, 5.41) is 11.9. The molecule has 2 fully saturated rings. The highest BCUT2D eigenvalue weighted by molar-refractivity contribution is 5.89. The Labute approximate surface area is 203 Å². The van der Waals surface area contributed by atoms with Crippen LogP contribution in [0.1, 0.15) is 22.3 Å². The number of fused-ring (bicyclic) bond motifs is 1. The van der Waals surface area contributed by atoms with Gasteiger partial charge in [-0.3, -0.25) is 15.0 Å². The van der Waals surface area contributed by atoms with E-state index in [0.29, 0.717) is 41.4 Å². The minimum atomic E-state index is -0.345. The van der Waals surface area contributed by atoms with E-state index >= 15 is 0 Å². The van der Waals surface area contributed by atoms with Crippen LogP contribution in [0.3, 0.4) is 0 Å². The molecular formula is C27H27N3O5. The van der Waals surface area contributed by atoms with Crippen molar-refractivity contribution in [1.82, 2.24) is 4.90 Å². The minimum absolute atomic E-state index is 0.0332. The van der Waals surface area contributed by atoms with Crippen molar-refractivity contribution in [3.63, 3.8) is 0 Å². The highest BCUT2D eigenvalue weighted by atomic mass is 16.6. The molecule has 2 atom stereocenters. The second-order valence-corrected chi connectivity index (χ2v) is 8.88. The number of anilines is 1. The van der Waals surface area contributed by atoms with Crippen molar-refractivity contribution >= 4 is 17.3 Å². The first-order chi connectivity index (χ1) is 17.0. The van der Waals surface area contributed by atoms with Gasteiger partial charge in [-0.25, -0.2) is 4.79 Å². The molecule has 8 nitrogen and oxygen atoms in total. The SMILES string of the molecule is Cc1c(Oc2ccccc2)ccc([N+](=O)[O-])c1N1CCN2CC[C@@H](OC(=O)c3ccccc3)[C@H]2C1. The Morgan fingerprint density at radius 3 is 2.40 bits per heavy atom. The van der Waals surface area contributed by atoms with E-state index in [1.165, 1.54) is 6.07 Å². The number of nitrogens with zero attached hydrogens (tertiary/aromatic N) is 3. The molecule has 3 aromatic carbocycles. The van der Waals surface area contributed by atoms with Crippen molar-refractivity contribution in [2.24, 2.45) is 0 Å². The Morgan fingerprint density at radius 1 is 0.971 bits per heavy atom. The molecule has 0 spiro atoms. The van der Waals surface area contributed by atoms with Gasteiger partial charge >= 0.3 is 5.97 Å². The Morgan fingerprint density at radius 2 is 1.69 bits per heavy atom. The zero-order valence-corrected chi connectivity index (χ0v) is 19.5. The summed E-state index contributed by atoms with van der Waals surface area (Å²) in [6.45, 7) is 4.61. The van der Waals surface area contributed by atoms with Gasteiger partial charge in [-0.05, 0) is 43.7 Å². The number of ether oxygens (including phenoxy) is 2. The van der Waals surface area contributed by atoms with Crippen LogP contribution in [0.15, 0.2) is 72.8 Å². The van der Waals surface area contributed by atoms with Crippen LogP contribution in [-0.2, 0) is 4.74 Å². The number of carbonyl (C=O) groups is 1. The second-order valence-electron chi connectivity index (χ2n) is 8.88. The van der Waals surface area contributed by atoms with Crippen molar-refractivity contribution in [3.8, 4) is 11.5 Å². The molecular weight excluding hydrogens is 446 g/mol. The maximum Gasteiger partial charge on any atom is 0.338 e. The first-order valence-electron chi connectivity index (χ1n) is 11.8. The van der Waals surface area contributed by atoms with E-state index in [4.69, 9.17) is 9.47 Å². The van der Waals surface area contributed by atoms with Crippen molar-refractivity contribution in [3.05, 3.63) is 94.0 Å². The van der Waals surface area contributed by atoms with E-state index in [0.717, 1.165) is 19.5 Å². The van der Waals surface area contributed by atoms with Gasteiger partial charge in [0.1, 0.15) is 23.3 Å². The fourth-order valence-corrected chi connectivity index (χ4v) is 5.02. The third-order valence-electron chi connectivity index (χ3n) is 6.78. The summed E-state index contributed by atoms with van der Waals surface area (Å²) in [6.07, 6.45) is 0.476. The number of piperazine rings is 1. The number of esters is 1. The van der Waals surface area contributed by atoms with Crippen molar-refractivity contribution in [1.29, 1.82) is 0 Å². The molecule has 8 heteroatoms. The zero-order valence-electron chi connectivity index (χ0n) is 19.5. The Balaban J connectivity index is 1.40. The normalized spacial score (nSPS) is 19.7. The van der Waals surface area contributed by atoms with E-state index < -0.39 is 0 Å². The average molecular weight is 474 g/mol. The molecule has 0 aliphatic carbocycles. The van der Waals surface area contributed by atoms with Crippen molar-refractivity contribution in [2.75, 3.05) is 31.1 Å². The van der Waals surface area contributed by atoms with Crippen LogP contribution in [0.25, 0.3) is 0 Å². The smallest absolute Gasteiger partial charge is 0.338 e. The number of hydrogen-bond acceptors (Lipinski definition) is 7. The van der Waals surface area contributed by atoms with E-state index in [-0.39, 0.29) is 28.7 Å². The molecule has 0 unspecified atom stereocenters. The molecule has 0 amide bonds. The lowest BCUT2D eigenvalue weighted by Crippen LogP contribution is -2.54. The third kappa shape index (κ3) is 4.70. The highest BCUT2D eigenvalue weighted by Gasteiger charge is 2.42. The molecule has 2 aliphatic rings. The fraction of sp³-hybridized carbons (Fsp3) is 0.296. The lowest BCUT2D eigenvalue weighted by molar-refractivity contribution is -0.384. The van der Waals surface area contributed by atoms with Crippen LogP contribution in [0.5, 0.6) is 11.5 Å². The van der Waals surface area contributed by atoms with E-state index in [1.54, 1.807) is 18.2 Å². The summed E-state index contributed by atoms with van der Waals surface area (Å²) in [5.41, 5.74) is 1.85. The molecule has 0 N–H and O–H groups in total. The lowest BCUT2D eigenvalue weighted by atomic mass is 10.0. The van der Waals surface area contributed by atoms with Gasteiger partial charge in [0.15, 0.2) is 0 Å². The number of para-hydroxylation sites is 1. The molecule has 2 saturated heterocycles. The van der Waals surface area contributed by atoms with Gasteiger partial charge < -0.3 is 14.4 Å². The molecule has 2 aliphatic heterocycles. The van der Waals surface area contributed by atoms with Gasteiger partial charge in [0, 0.05) is 37.8 Å². The van der Waals surface area contributed by atoms with E-state index in [2.05, 4.69) is 4.90 Å². The molecule has 180 valence electrons. The fourth-order valence-electron chi connectivity index (χ4n) is 5.02. The largest absolute Gasteiger partial charge is 0.457 e. The van der Waals surface area contributed by atoms with Gasteiger partial charge in [0.05, 0.1) is 16.5 Å². The van der Waals surface area contributed by atoms with Gasteiger partial charge in [-0.1, -0.05) is 36.4 Å². The van der Waals surface area contributed by atoms with E-state index in [9.17, 15) is 14.9 Å². The summed E-state index contributed by atoms with van der Waals surface area (Å²) >= 11 is 0. The van der Waals surface area contributed by atoms with Crippen LogP contribution in [0.2, 0.25) is 0 Å². The predicted octanol–water partition coefficient (Wildman–Crippen LogP) is 4.82. The van der Waals surface area contributed by atoms with E-state index in [1.807, 2.05) is 60.4 Å². The van der Waals surface area contributed by atoms with Gasteiger partial charge in [0.25, 0.3) is 5.69 Å². The lowest BCUT2D eigenvalue weighted by Gasteiger charge is -2.40. The number of benzene rings is 3. The molecule has 0 aromatic heterocycles. The highest BCUT2D eigenvalue weighted by Crippen LogP contribution is 2.40. The summed E-state index contributed by atoms with van der Waals surface area (Å²) < 4.78 is 12.0. The van der Waals surface area contributed by atoms with Crippen LogP contribution in [0.4, 0.5) is 11.4 Å². The van der Waals surface area contributed by atoms with Crippen molar-refractivity contribution in [2.45, 2.75) is 25.5 Å². The molecule has 2 heterocycles. The first-order valence-corrected chi connectivity index (χ1v) is 11.8. The summed E-state index contributed by atoms with van der Waals surface area (Å²) in [6, 6.07) is 21.5. The quantitative estimate of drug-likeness (QED) is 0.288. The second kappa shape index (κ2) is 9.76. The summed E-state index contributed by atoms with van der Waals surface area (Å²) in [5.74, 6) is 0.914. The zero-order chi connectivity index (χ0) is 24.4. The predicted molar refractivity (Wildman–Crippen MR) is 132 cm³/mol. The van der Waals surface area contributed by atoms with Crippen LogP contribution < -0.4 is 9.64 Å². The average Bonchev–Trinajstić information content (AvgIpc) is 3.28. The number of carbonyl (C=O) groups excluding carboxylic acids is 1. The Hall–Kier alpha value is -3.91. The Kier molecular flexibility index (Phi) is 6.37. The first kappa shape index (κ1) is 22.9.